The first-order valence-corrected chi connectivity index (χ1v) is 1.56. The summed E-state index contributed by atoms with van der Waals surface area (Å²) in [6.45, 7) is 4.62. The molecule has 0 unspecified atom stereocenters. The molecule has 26 valence electrons. The molecule has 0 spiro atoms. The van der Waals surface area contributed by atoms with Crippen molar-refractivity contribution in [3.05, 3.63) is 0 Å². The molecule has 0 saturated heterocycles. The second kappa shape index (κ2) is 1.33. The first-order valence-electron chi connectivity index (χ1n) is 2.27. The monoisotopic (exact) mass is 60.1 g/mol. The SMILES string of the molecule is [3H]CC(C)C. The Labute approximate surface area is 29.2 Å². The Kier molecular flexibility index (Phi) is 0.750. The molecule has 0 bridgehead atoms. The highest BCUT2D eigenvalue weighted by Gasteiger charge is 1.68. The summed E-state index contributed by atoms with van der Waals surface area (Å²) in [5, 5.41) is 0. The fraction of sp³-hybridized carbons (Fsp3) is 1.00. The van der Waals surface area contributed by atoms with Crippen molar-refractivity contribution in [1.29, 1.82) is 0 Å². The Morgan fingerprint density at radius 1 is 1.75 bits per heavy atom. The van der Waals surface area contributed by atoms with E-state index in [9.17, 15) is 0 Å². The van der Waals surface area contributed by atoms with Crippen LogP contribution in [0.2, 0.25) is 0 Å². The summed E-state index contributed by atoms with van der Waals surface area (Å²) >= 11 is 0. The lowest BCUT2D eigenvalue weighted by molar-refractivity contribution is 0.737. The lowest BCUT2D eigenvalue weighted by Gasteiger charge is -1.79. The molecule has 0 fully saturated rings. The molecule has 0 aliphatic rings. The molecule has 0 aromatic heterocycles. The lowest BCUT2D eigenvalue weighted by atomic mass is 10.3. The third kappa shape index (κ3) is 0. The lowest BCUT2D eigenvalue weighted by Crippen LogP contribution is -1.66. The van der Waals surface area contributed by atoms with Gasteiger partial charge in [-0.3, -0.25) is 0 Å². The maximum atomic E-state index is 6.66. The Morgan fingerprint density at radius 3 is 2.00 bits per heavy atom. The van der Waals surface area contributed by atoms with Crippen LogP contribution in [0.25, 0.3) is 0 Å². The van der Waals surface area contributed by atoms with Gasteiger partial charge in [-0.15, -0.1) is 0 Å². The van der Waals surface area contributed by atoms with Crippen molar-refractivity contribution in [3.8, 4) is 0 Å². The Morgan fingerprint density at radius 2 is 2.00 bits per heavy atom. The van der Waals surface area contributed by atoms with Crippen molar-refractivity contribution in [2.75, 3.05) is 0 Å². The van der Waals surface area contributed by atoms with E-state index in [0.29, 0.717) is 12.8 Å². The first-order chi connectivity index (χ1) is 2.27. The van der Waals surface area contributed by atoms with Crippen LogP contribution in [0.3, 0.4) is 0 Å². The van der Waals surface area contributed by atoms with Gasteiger partial charge in [0.1, 0.15) is 0 Å². The third-order valence-electron chi connectivity index (χ3n) is 0. The van der Waals surface area contributed by atoms with E-state index in [1.165, 1.54) is 0 Å². The maximum Gasteiger partial charge on any atom is 0.0233 e. The van der Waals surface area contributed by atoms with Gasteiger partial charge in [0.25, 0.3) is 0 Å². The molecule has 0 aliphatic carbocycles. The predicted molar refractivity (Wildman–Crippen MR) is 20.5 cm³/mol. The highest BCUT2D eigenvalue weighted by Crippen LogP contribution is 1.81. The van der Waals surface area contributed by atoms with Crippen LogP contribution >= 0.6 is 0 Å². The number of hydrogen-bond acceptors (Lipinski definition) is 0. The summed E-state index contributed by atoms with van der Waals surface area (Å²) < 4.78 is 6.66. The smallest absolute Gasteiger partial charge is 0.0233 e. The Bertz CT molecular complexity index is 17.6. The molecule has 0 heteroatoms. The fourth-order valence-corrected chi connectivity index (χ4v) is 0. The van der Waals surface area contributed by atoms with Crippen LogP contribution in [0.15, 0.2) is 0 Å². The molecule has 0 radical (unpaired) electrons. The summed E-state index contributed by atoms with van der Waals surface area (Å²) in [4.78, 5) is 0. The average Bonchev–Trinajstić information content (AvgIpc) is 1.38. The Hall–Kier alpha value is 0. The standard InChI is InChI=1S/C4H10/c1-4(2)3/h4H,1-3H3/i1T. The van der Waals surface area contributed by atoms with Gasteiger partial charge in [0, 0.05) is 1.37 Å². The van der Waals surface area contributed by atoms with Crippen LogP contribution in [0.1, 0.15) is 22.1 Å². The van der Waals surface area contributed by atoms with Gasteiger partial charge in [-0.2, -0.15) is 0 Å². The molecular weight excluding hydrogens is 48.0 g/mol. The second-order valence-corrected chi connectivity index (χ2v) is 1.39. The minimum Gasteiger partial charge on any atom is -0.0630 e. The molecule has 0 amide bonds. The van der Waals surface area contributed by atoms with Gasteiger partial charge in [0.05, 0.1) is 0 Å². The van der Waals surface area contributed by atoms with E-state index in [1.807, 2.05) is 13.8 Å². The van der Waals surface area contributed by atoms with Crippen molar-refractivity contribution in [1.82, 2.24) is 0 Å². The van der Waals surface area contributed by atoms with Crippen LogP contribution < -0.4 is 0 Å². The Balaban J connectivity index is 2.54. The highest BCUT2D eigenvalue weighted by atomic mass is 13.7. The van der Waals surface area contributed by atoms with E-state index in [4.69, 9.17) is 1.37 Å². The molecule has 0 saturated carbocycles. The quantitative estimate of drug-likeness (QED) is 0.399. The zero-order valence-electron chi connectivity index (χ0n) is 4.28. The van der Waals surface area contributed by atoms with E-state index in [1.54, 1.807) is 0 Å². The van der Waals surface area contributed by atoms with Crippen molar-refractivity contribution in [2.45, 2.75) is 20.7 Å². The summed E-state index contributed by atoms with van der Waals surface area (Å²) in [5.74, 6) is 0.551. The largest absolute Gasteiger partial charge is 0.0630 e. The first kappa shape index (κ1) is 2.25. The zero-order valence-corrected chi connectivity index (χ0v) is 3.28. The maximum absolute atomic E-state index is 6.66. The van der Waals surface area contributed by atoms with E-state index in [0.717, 1.165) is 0 Å². The molecular formula is C4H10. The molecule has 0 nitrogen and oxygen atoms in total. The number of rotatable bonds is 0. The zero-order chi connectivity index (χ0) is 4.28. The van der Waals surface area contributed by atoms with Gasteiger partial charge in [-0.1, -0.05) is 20.7 Å². The predicted octanol–water partition coefficient (Wildman–Crippen LogP) is 1.66. The minimum absolute atomic E-state index is 0.551. The summed E-state index contributed by atoms with van der Waals surface area (Å²) in [6.07, 6.45) is 0. The average molecular weight is 60.1 g/mol. The van der Waals surface area contributed by atoms with Gasteiger partial charge >= 0.3 is 0 Å². The van der Waals surface area contributed by atoms with E-state index in [-0.39, 0.29) is 0 Å². The van der Waals surface area contributed by atoms with Crippen LogP contribution in [-0.2, 0) is 0 Å². The van der Waals surface area contributed by atoms with Crippen LogP contribution in [-0.4, -0.2) is 0 Å². The van der Waals surface area contributed by atoms with Gasteiger partial charge in [-0.25, -0.2) is 0 Å². The van der Waals surface area contributed by atoms with Crippen LogP contribution in [0.4, 0.5) is 0 Å². The molecule has 0 aliphatic heterocycles. The van der Waals surface area contributed by atoms with Gasteiger partial charge < -0.3 is 0 Å². The van der Waals surface area contributed by atoms with E-state index < -0.39 is 0 Å². The highest BCUT2D eigenvalue weighted by molar-refractivity contribution is 4.20. The van der Waals surface area contributed by atoms with Crippen molar-refractivity contribution >= 4 is 0 Å². The number of hydrogen-bond donors (Lipinski definition) is 0. The molecule has 0 rings (SSSR count). The molecule has 0 aromatic carbocycles. The molecule has 0 heterocycles. The molecule has 4 heavy (non-hydrogen) atoms. The summed E-state index contributed by atoms with van der Waals surface area (Å²) in [6, 6.07) is 0. The van der Waals surface area contributed by atoms with Crippen LogP contribution in [0, 0.1) is 5.92 Å². The topological polar surface area (TPSA) is 0 Å². The van der Waals surface area contributed by atoms with Gasteiger partial charge in [0.2, 0.25) is 0 Å². The van der Waals surface area contributed by atoms with Gasteiger partial charge in [-0.05, 0) is 5.92 Å². The van der Waals surface area contributed by atoms with Crippen molar-refractivity contribution in [2.24, 2.45) is 5.92 Å². The summed E-state index contributed by atoms with van der Waals surface area (Å²) in [7, 11) is 0. The van der Waals surface area contributed by atoms with Crippen LogP contribution in [0.5, 0.6) is 0 Å². The molecule has 0 aromatic rings. The summed E-state index contributed by atoms with van der Waals surface area (Å²) in [5.41, 5.74) is 0. The molecule has 0 N–H and O–H groups in total. The van der Waals surface area contributed by atoms with E-state index >= 15 is 0 Å². The minimum atomic E-state index is 0.551. The van der Waals surface area contributed by atoms with Crippen molar-refractivity contribution < 1.29 is 1.37 Å². The normalized spacial score (nSPS) is 12.2. The van der Waals surface area contributed by atoms with E-state index in [2.05, 4.69) is 0 Å². The molecule has 0 atom stereocenters. The van der Waals surface area contributed by atoms with Crippen molar-refractivity contribution in [3.63, 3.8) is 0 Å². The second-order valence-electron chi connectivity index (χ2n) is 1.39. The third-order valence-corrected chi connectivity index (χ3v) is 0. The van der Waals surface area contributed by atoms with Gasteiger partial charge in [0.15, 0.2) is 0 Å². The fourth-order valence-electron chi connectivity index (χ4n) is 0.